The normalized spacial score (nSPS) is 24.6. The molecule has 3 atom stereocenters. The second-order valence-electron chi connectivity index (χ2n) is 6.94. The summed E-state index contributed by atoms with van der Waals surface area (Å²) in [6, 6.07) is 12.9. The highest BCUT2D eigenvalue weighted by molar-refractivity contribution is 7.89. The van der Waals surface area contributed by atoms with Crippen LogP contribution in [-0.2, 0) is 19.6 Å². The predicted molar refractivity (Wildman–Crippen MR) is 104 cm³/mol. The van der Waals surface area contributed by atoms with E-state index < -0.39 is 16.3 Å². The fourth-order valence-corrected chi connectivity index (χ4v) is 5.15. The number of amides is 1. The molecule has 3 unspecified atom stereocenters. The number of benzene rings is 1. The van der Waals surface area contributed by atoms with Gasteiger partial charge >= 0.3 is 0 Å². The van der Waals surface area contributed by atoms with Gasteiger partial charge in [0, 0.05) is 30.8 Å². The summed E-state index contributed by atoms with van der Waals surface area (Å²) < 4.78 is 33.2. The number of fused-ring (bicyclic) bond motifs is 1. The monoisotopic (exact) mass is 399 g/mol. The Bertz CT molecular complexity index is 962. The van der Waals surface area contributed by atoms with Crippen LogP contribution in [0.25, 0.3) is 11.3 Å². The molecular weight excluding hydrogens is 378 g/mol. The van der Waals surface area contributed by atoms with Gasteiger partial charge in [-0.1, -0.05) is 36.9 Å². The molecule has 0 radical (unpaired) electrons. The van der Waals surface area contributed by atoms with Crippen molar-refractivity contribution in [3.8, 4) is 11.3 Å². The lowest BCUT2D eigenvalue weighted by atomic mass is 10.1. The second-order valence-corrected chi connectivity index (χ2v) is 8.88. The van der Waals surface area contributed by atoms with Crippen LogP contribution in [-0.4, -0.2) is 49.0 Å². The zero-order valence-corrected chi connectivity index (χ0v) is 16.0. The maximum Gasteiger partial charge on any atom is 0.245 e. The Kier molecular flexibility index (Phi) is 5.01. The standard InChI is InChI=1S/C20H21N3O4S/c1-2-19(24)22-20-10-15-12-23(13-18(15)27-20)28(25,26)16-8-9-17(21-11-16)14-6-4-3-5-7-14/h2-9,11,15,18,20H,1,10,12-13H2,(H,22,24). The molecule has 0 spiro atoms. The Hall–Kier alpha value is -2.55. The van der Waals surface area contributed by atoms with Crippen molar-refractivity contribution in [3.63, 3.8) is 0 Å². The number of hydrogen-bond donors (Lipinski definition) is 1. The number of carbonyl (C=O) groups excluding carboxylic acids is 1. The van der Waals surface area contributed by atoms with Gasteiger partial charge in [-0.3, -0.25) is 9.78 Å². The zero-order valence-electron chi connectivity index (χ0n) is 15.2. The van der Waals surface area contributed by atoms with Gasteiger partial charge in [0.1, 0.15) is 11.1 Å². The molecule has 2 aliphatic heterocycles. The molecule has 0 bridgehead atoms. The average molecular weight is 399 g/mol. The molecule has 1 amide bonds. The third kappa shape index (κ3) is 3.58. The van der Waals surface area contributed by atoms with Gasteiger partial charge in [-0.15, -0.1) is 0 Å². The van der Waals surface area contributed by atoms with Crippen molar-refractivity contribution in [1.29, 1.82) is 0 Å². The van der Waals surface area contributed by atoms with E-state index >= 15 is 0 Å². The number of pyridine rings is 1. The number of carbonyl (C=O) groups is 1. The van der Waals surface area contributed by atoms with E-state index in [-0.39, 0.29) is 29.4 Å². The van der Waals surface area contributed by atoms with Crippen LogP contribution in [0, 0.1) is 5.92 Å². The minimum atomic E-state index is -3.64. The Labute approximate surface area is 164 Å². The van der Waals surface area contributed by atoms with Gasteiger partial charge in [-0.2, -0.15) is 4.31 Å². The van der Waals surface area contributed by atoms with Crippen molar-refractivity contribution in [1.82, 2.24) is 14.6 Å². The fraction of sp³-hybridized carbons (Fsp3) is 0.300. The Morgan fingerprint density at radius 3 is 2.64 bits per heavy atom. The Morgan fingerprint density at radius 1 is 1.21 bits per heavy atom. The molecule has 2 saturated heterocycles. The van der Waals surface area contributed by atoms with Gasteiger partial charge in [0.25, 0.3) is 0 Å². The van der Waals surface area contributed by atoms with E-state index in [2.05, 4.69) is 16.9 Å². The quantitative estimate of drug-likeness (QED) is 0.775. The van der Waals surface area contributed by atoms with Crippen LogP contribution in [0.2, 0.25) is 0 Å². The maximum absolute atomic E-state index is 13.0. The summed E-state index contributed by atoms with van der Waals surface area (Å²) in [5, 5.41) is 2.71. The summed E-state index contributed by atoms with van der Waals surface area (Å²) in [4.78, 5) is 15.9. The SMILES string of the molecule is C=CC(=O)NC1CC2CN(S(=O)(=O)c3ccc(-c4ccccc4)nc3)CC2O1. The first-order valence-electron chi connectivity index (χ1n) is 9.07. The fourth-order valence-electron chi connectivity index (χ4n) is 3.69. The molecule has 2 aliphatic rings. The van der Waals surface area contributed by atoms with Gasteiger partial charge < -0.3 is 10.1 Å². The molecule has 0 saturated carbocycles. The Morgan fingerprint density at radius 2 is 2.00 bits per heavy atom. The van der Waals surface area contributed by atoms with E-state index in [1.807, 2.05) is 30.3 Å². The smallest absolute Gasteiger partial charge is 0.245 e. The largest absolute Gasteiger partial charge is 0.354 e. The summed E-state index contributed by atoms with van der Waals surface area (Å²) in [6.07, 6.45) is 2.57. The number of nitrogens with zero attached hydrogens (tertiary/aromatic N) is 2. The van der Waals surface area contributed by atoms with Crippen LogP contribution in [0.1, 0.15) is 6.42 Å². The van der Waals surface area contributed by atoms with Crippen molar-refractivity contribution >= 4 is 15.9 Å². The lowest BCUT2D eigenvalue weighted by Gasteiger charge is -2.19. The number of hydrogen-bond acceptors (Lipinski definition) is 5. The van der Waals surface area contributed by atoms with E-state index in [4.69, 9.17) is 4.74 Å². The summed E-state index contributed by atoms with van der Waals surface area (Å²) >= 11 is 0. The van der Waals surface area contributed by atoms with E-state index in [1.165, 1.54) is 16.6 Å². The van der Waals surface area contributed by atoms with Crippen LogP contribution in [0.15, 0.2) is 66.2 Å². The number of aromatic nitrogens is 1. The average Bonchev–Trinajstić information content (AvgIpc) is 3.28. The van der Waals surface area contributed by atoms with Crippen LogP contribution < -0.4 is 5.32 Å². The van der Waals surface area contributed by atoms with Crippen LogP contribution >= 0.6 is 0 Å². The molecule has 0 aliphatic carbocycles. The molecule has 4 rings (SSSR count). The molecule has 146 valence electrons. The highest BCUT2D eigenvalue weighted by Crippen LogP contribution is 2.35. The van der Waals surface area contributed by atoms with Crippen LogP contribution in [0.3, 0.4) is 0 Å². The van der Waals surface area contributed by atoms with Crippen LogP contribution in [0.4, 0.5) is 0 Å². The highest BCUT2D eigenvalue weighted by atomic mass is 32.2. The molecular formula is C20H21N3O4S. The molecule has 28 heavy (non-hydrogen) atoms. The molecule has 1 aromatic heterocycles. The van der Waals surface area contributed by atoms with E-state index in [0.717, 1.165) is 11.3 Å². The zero-order chi connectivity index (χ0) is 19.7. The summed E-state index contributed by atoms with van der Waals surface area (Å²) in [5.41, 5.74) is 1.66. The summed E-state index contributed by atoms with van der Waals surface area (Å²) in [6.45, 7) is 4.06. The predicted octanol–water partition coefficient (Wildman–Crippen LogP) is 1.79. The lowest BCUT2D eigenvalue weighted by molar-refractivity contribution is -0.120. The molecule has 1 aromatic carbocycles. The van der Waals surface area contributed by atoms with Gasteiger partial charge in [0.05, 0.1) is 11.8 Å². The summed E-state index contributed by atoms with van der Waals surface area (Å²) in [5.74, 6) is -0.236. The number of nitrogens with one attached hydrogen (secondary N) is 1. The van der Waals surface area contributed by atoms with Crippen molar-refractivity contribution in [2.24, 2.45) is 5.92 Å². The minimum absolute atomic E-state index is 0.0569. The maximum atomic E-state index is 13.0. The van der Waals surface area contributed by atoms with E-state index in [9.17, 15) is 13.2 Å². The van der Waals surface area contributed by atoms with Crippen molar-refractivity contribution in [2.45, 2.75) is 23.6 Å². The summed E-state index contributed by atoms with van der Waals surface area (Å²) in [7, 11) is -3.64. The lowest BCUT2D eigenvalue weighted by Crippen LogP contribution is -2.37. The van der Waals surface area contributed by atoms with Crippen molar-refractivity contribution in [3.05, 3.63) is 61.3 Å². The highest BCUT2D eigenvalue weighted by Gasteiger charge is 2.46. The topological polar surface area (TPSA) is 88.6 Å². The number of rotatable bonds is 5. The first kappa shape index (κ1) is 18.8. The molecule has 1 N–H and O–H groups in total. The molecule has 8 heteroatoms. The van der Waals surface area contributed by atoms with Gasteiger partial charge in [0.2, 0.25) is 15.9 Å². The third-order valence-electron chi connectivity index (χ3n) is 5.14. The first-order valence-corrected chi connectivity index (χ1v) is 10.5. The van der Waals surface area contributed by atoms with E-state index in [0.29, 0.717) is 13.0 Å². The van der Waals surface area contributed by atoms with Gasteiger partial charge in [-0.05, 0) is 24.6 Å². The van der Waals surface area contributed by atoms with Gasteiger partial charge in [-0.25, -0.2) is 8.42 Å². The third-order valence-corrected chi connectivity index (χ3v) is 6.95. The second kappa shape index (κ2) is 7.46. The first-order chi connectivity index (χ1) is 13.5. The number of sulfonamides is 1. The number of ether oxygens (including phenoxy) is 1. The van der Waals surface area contributed by atoms with Crippen LogP contribution in [0.5, 0.6) is 0 Å². The van der Waals surface area contributed by atoms with Crippen molar-refractivity contribution in [2.75, 3.05) is 13.1 Å². The van der Waals surface area contributed by atoms with E-state index in [1.54, 1.807) is 12.1 Å². The Balaban J connectivity index is 1.44. The minimum Gasteiger partial charge on any atom is -0.354 e. The van der Waals surface area contributed by atoms with Gasteiger partial charge in [0.15, 0.2) is 0 Å². The molecule has 7 nitrogen and oxygen atoms in total. The molecule has 3 heterocycles. The van der Waals surface area contributed by atoms with Crippen molar-refractivity contribution < 1.29 is 17.9 Å². The molecule has 2 fully saturated rings. The molecule has 2 aromatic rings.